The summed E-state index contributed by atoms with van der Waals surface area (Å²) in [7, 11) is 0. The molecule has 0 bridgehead atoms. The van der Waals surface area contributed by atoms with Gasteiger partial charge in [-0.3, -0.25) is 9.78 Å². The predicted molar refractivity (Wildman–Crippen MR) is 129 cm³/mol. The van der Waals surface area contributed by atoms with Gasteiger partial charge in [0.2, 0.25) is 6.79 Å². The molecular weight excluding hydrogens is 503 g/mol. The van der Waals surface area contributed by atoms with Gasteiger partial charge in [0.05, 0.1) is 11.6 Å². The molecule has 5 rings (SSSR count). The molecular formula is C27H22F3N3O5. The lowest BCUT2D eigenvalue weighted by Crippen LogP contribution is -2.45. The van der Waals surface area contributed by atoms with E-state index >= 15 is 0 Å². The Morgan fingerprint density at radius 3 is 2.58 bits per heavy atom. The van der Waals surface area contributed by atoms with Crippen LogP contribution in [-0.4, -0.2) is 29.5 Å². The number of esters is 1. The zero-order valence-electron chi connectivity index (χ0n) is 19.9. The Morgan fingerprint density at radius 1 is 1.00 bits per heavy atom. The number of urea groups is 1. The highest BCUT2D eigenvalue weighted by atomic mass is 19.4. The van der Waals surface area contributed by atoms with Gasteiger partial charge >= 0.3 is 18.2 Å². The molecule has 0 saturated heterocycles. The van der Waals surface area contributed by atoms with Crippen LogP contribution in [0.15, 0.2) is 72.0 Å². The Labute approximate surface area is 215 Å². The van der Waals surface area contributed by atoms with Gasteiger partial charge in [0, 0.05) is 18.1 Å². The minimum Gasteiger partial charge on any atom is -0.460 e. The van der Waals surface area contributed by atoms with Gasteiger partial charge in [-0.1, -0.05) is 18.2 Å². The number of nitrogens with zero attached hydrogens (tertiary/aromatic N) is 2. The molecule has 2 aliphatic rings. The number of pyridine rings is 1. The SMILES string of the molecule is O=C1N=C(CCc2ccc3c(c2)OCO3)C(C(=O)OCc2cccc(C(F)(F)F)c2)C(c2ccncc2)N1. The molecule has 1 aromatic heterocycles. The maximum atomic E-state index is 13.4. The van der Waals surface area contributed by atoms with Gasteiger partial charge in [0.1, 0.15) is 12.5 Å². The second-order valence-electron chi connectivity index (χ2n) is 8.78. The number of halogens is 3. The fraction of sp³-hybridized carbons (Fsp3) is 0.259. The number of ether oxygens (including phenoxy) is 3. The number of fused-ring (bicyclic) bond motifs is 1. The average molecular weight is 525 g/mol. The molecule has 2 amide bonds. The molecule has 196 valence electrons. The minimum absolute atomic E-state index is 0.138. The van der Waals surface area contributed by atoms with Crippen molar-refractivity contribution in [3.8, 4) is 11.5 Å². The van der Waals surface area contributed by atoms with Crippen molar-refractivity contribution in [2.75, 3.05) is 6.79 Å². The number of hydrogen-bond donors (Lipinski definition) is 1. The first-order valence-corrected chi connectivity index (χ1v) is 11.8. The highest BCUT2D eigenvalue weighted by molar-refractivity contribution is 6.09. The van der Waals surface area contributed by atoms with Crippen molar-refractivity contribution >= 4 is 17.7 Å². The van der Waals surface area contributed by atoms with E-state index in [0.29, 0.717) is 29.2 Å². The number of amides is 2. The zero-order chi connectivity index (χ0) is 26.7. The number of nitrogens with one attached hydrogen (secondary N) is 1. The molecule has 3 heterocycles. The van der Waals surface area contributed by atoms with Crippen LogP contribution >= 0.6 is 0 Å². The standard InChI is InChI=1S/C27H22F3N3O5/c28-27(29,30)19-3-1-2-17(12-19)14-36-25(34)23-20(6-4-16-5-7-21-22(13-16)38-15-37-21)32-26(35)33-24(23)18-8-10-31-11-9-18/h1-3,5,7-13,23-24H,4,6,14-15H2,(H,33,35). The Hall–Kier alpha value is -4.41. The molecule has 2 aromatic carbocycles. The van der Waals surface area contributed by atoms with Crippen LogP contribution in [0.25, 0.3) is 0 Å². The molecule has 3 aromatic rings. The van der Waals surface area contributed by atoms with Crippen molar-refractivity contribution in [2.24, 2.45) is 10.9 Å². The summed E-state index contributed by atoms with van der Waals surface area (Å²) in [6.07, 6.45) is -0.745. The quantitative estimate of drug-likeness (QED) is 0.435. The lowest BCUT2D eigenvalue weighted by atomic mass is 9.85. The van der Waals surface area contributed by atoms with Crippen LogP contribution in [0.1, 0.15) is 34.7 Å². The molecule has 0 spiro atoms. The molecule has 2 aliphatic heterocycles. The molecule has 0 fully saturated rings. The summed E-state index contributed by atoms with van der Waals surface area (Å²) in [6, 6.07) is 12.0. The molecule has 38 heavy (non-hydrogen) atoms. The number of rotatable bonds is 7. The third-order valence-electron chi connectivity index (χ3n) is 6.28. The van der Waals surface area contributed by atoms with Gasteiger partial charge in [-0.05, 0) is 65.9 Å². The number of carbonyl (C=O) groups is 2. The Bertz CT molecular complexity index is 1380. The monoisotopic (exact) mass is 525 g/mol. The van der Waals surface area contributed by atoms with E-state index in [4.69, 9.17) is 14.2 Å². The Morgan fingerprint density at radius 2 is 1.79 bits per heavy atom. The van der Waals surface area contributed by atoms with Crippen LogP contribution in [0.4, 0.5) is 18.0 Å². The van der Waals surface area contributed by atoms with Gasteiger partial charge in [-0.2, -0.15) is 13.2 Å². The average Bonchev–Trinajstić information content (AvgIpc) is 3.38. The summed E-state index contributed by atoms with van der Waals surface area (Å²) in [6.45, 7) is -0.231. The predicted octanol–water partition coefficient (Wildman–Crippen LogP) is 5.03. The summed E-state index contributed by atoms with van der Waals surface area (Å²) < 4.78 is 55.5. The van der Waals surface area contributed by atoms with Gasteiger partial charge < -0.3 is 19.5 Å². The second kappa shape index (κ2) is 10.5. The van der Waals surface area contributed by atoms with E-state index in [1.807, 2.05) is 12.1 Å². The highest BCUT2D eigenvalue weighted by Crippen LogP contribution is 2.34. The van der Waals surface area contributed by atoms with Crippen molar-refractivity contribution in [1.82, 2.24) is 10.3 Å². The third kappa shape index (κ3) is 5.61. The number of hydrogen-bond acceptors (Lipinski definition) is 6. The Kier molecular flexibility index (Phi) is 6.99. The number of carbonyl (C=O) groups excluding carboxylic acids is 2. The van der Waals surface area contributed by atoms with E-state index in [-0.39, 0.29) is 25.4 Å². The number of aryl methyl sites for hydroxylation is 1. The highest BCUT2D eigenvalue weighted by Gasteiger charge is 2.40. The zero-order valence-corrected chi connectivity index (χ0v) is 19.9. The fourth-order valence-electron chi connectivity index (χ4n) is 4.42. The normalized spacial score (nSPS) is 18.5. The first-order valence-electron chi connectivity index (χ1n) is 11.8. The van der Waals surface area contributed by atoms with E-state index in [0.717, 1.165) is 17.7 Å². The van der Waals surface area contributed by atoms with Gasteiger partial charge in [0.25, 0.3) is 0 Å². The largest absolute Gasteiger partial charge is 0.460 e. The van der Waals surface area contributed by atoms with E-state index in [9.17, 15) is 22.8 Å². The van der Waals surface area contributed by atoms with E-state index in [1.54, 1.807) is 18.2 Å². The molecule has 8 nitrogen and oxygen atoms in total. The number of aliphatic imine (C=N–C) groups is 1. The lowest BCUT2D eigenvalue weighted by Gasteiger charge is -2.31. The third-order valence-corrected chi connectivity index (χ3v) is 6.28. The van der Waals surface area contributed by atoms with Crippen LogP contribution in [-0.2, 0) is 28.7 Å². The van der Waals surface area contributed by atoms with E-state index in [2.05, 4.69) is 15.3 Å². The fourth-order valence-corrected chi connectivity index (χ4v) is 4.42. The maximum absolute atomic E-state index is 13.4. The topological polar surface area (TPSA) is 99.1 Å². The number of aromatic nitrogens is 1. The smallest absolute Gasteiger partial charge is 0.416 e. The summed E-state index contributed by atoms with van der Waals surface area (Å²) in [5.41, 5.74) is 1.16. The molecule has 2 atom stereocenters. The molecule has 0 aliphatic carbocycles. The number of benzene rings is 2. The van der Waals surface area contributed by atoms with Crippen molar-refractivity contribution in [1.29, 1.82) is 0 Å². The van der Waals surface area contributed by atoms with Crippen LogP contribution in [0, 0.1) is 5.92 Å². The molecule has 0 radical (unpaired) electrons. The summed E-state index contributed by atoms with van der Waals surface area (Å²) >= 11 is 0. The molecule has 1 N–H and O–H groups in total. The van der Waals surface area contributed by atoms with Crippen LogP contribution < -0.4 is 14.8 Å². The van der Waals surface area contributed by atoms with Gasteiger partial charge in [-0.25, -0.2) is 9.79 Å². The van der Waals surface area contributed by atoms with E-state index in [1.165, 1.54) is 24.5 Å². The summed E-state index contributed by atoms with van der Waals surface area (Å²) in [5, 5.41) is 2.71. The first-order chi connectivity index (χ1) is 18.3. The van der Waals surface area contributed by atoms with Crippen molar-refractivity contribution in [3.63, 3.8) is 0 Å². The van der Waals surface area contributed by atoms with Crippen molar-refractivity contribution in [2.45, 2.75) is 31.7 Å². The maximum Gasteiger partial charge on any atom is 0.416 e. The Balaban J connectivity index is 1.37. The summed E-state index contributed by atoms with van der Waals surface area (Å²) in [5.74, 6) is -0.460. The summed E-state index contributed by atoms with van der Waals surface area (Å²) in [4.78, 5) is 34.0. The van der Waals surface area contributed by atoms with Gasteiger partial charge in [-0.15, -0.1) is 0 Å². The first kappa shape index (κ1) is 25.2. The van der Waals surface area contributed by atoms with Crippen molar-refractivity contribution in [3.05, 3.63) is 89.2 Å². The minimum atomic E-state index is -4.52. The number of alkyl halides is 3. The van der Waals surface area contributed by atoms with Gasteiger partial charge in [0.15, 0.2) is 11.5 Å². The molecule has 11 heteroatoms. The van der Waals surface area contributed by atoms with E-state index < -0.39 is 35.7 Å². The molecule has 2 unspecified atom stereocenters. The second-order valence-corrected chi connectivity index (χ2v) is 8.78. The lowest BCUT2D eigenvalue weighted by molar-refractivity contribution is -0.148. The van der Waals surface area contributed by atoms with Crippen molar-refractivity contribution < 1.29 is 37.0 Å². The molecule has 0 saturated carbocycles. The van der Waals surface area contributed by atoms with Crippen LogP contribution in [0.5, 0.6) is 11.5 Å². The van der Waals surface area contributed by atoms with Crippen LogP contribution in [0.2, 0.25) is 0 Å². The van der Waals surface area contributed by atoms with Crippen LogP contribution in [0.3, 0.4) is 0 Å².